The number of carbonyl (C=O) groups excluding carboxylic acids is 1. The number of rotatable bonds is 5. The number of ether oxygens (including phenoxy) is 1. The zero-order valence-electron chi connectivity index (χ0n) is 17.6. The second-order valence-corrected chi connectivity index (χ2v) is 7.39. The number of benzene rings is 2. The maximum Gasteiger partial charge on any atom is 0.317 e. The minimum atomic E-state index is -0.305. The van der Waals surface area contributed by atoms with E-state index in [2.05, 4.69) is 15.2 Å². The van der Waals surface area contributed by atoms with Crippen LogP contribution < -0.4 is 15.0 Å². The van der Waals surface area contributed by atoms with Crippen molar-refractivity contribution in [3.8, 4) is 17.1 Å². The number of hydrogen-bond acceptors (Lipinski definition) is 5. The zero-order valence-corrected chi connectivity index (χ0v) is 17.6. The molecule has 0 bridgehead atoms. The SMILES string of the molecule is COc1cc(N2CCN(C(=O)NCc3cccc(F)c3)CC2)ccc1-c1cnc(C)o1. The third kappa shape index (κ3) is 4.79. The van der Waals surface area contributed by atoms with Crippen LogP contribution in [0.5, 0.6) is 5.75 Å². The maximum atomic E-state index is 13.3. The fourth-order valence-electron chi connectivity index (χ4n) is 3.67. The Morgan fingerprint density at radius 3 is 2.68 bits per heavy atom. The van der Waals surface area contributed by atoms with E-state index < -0.39 is 0 Å². The number of aromatic nitrogens is 1. The first kappa shape index (κ1) is 20.7. The number of halogens is 1. The van der Waals surface area contributed by atoms with Crippen LogP contribution in [-0.2, 0) is 6.54 Å². The molecular weight excluding hydrogens is 399 g/mol. The molecule has 0 saturated carbocycles. The Hall–Kier alpha value is -3.55. The summed E-state index contributed by atoms with van der Waals surface area (Å²) in [7, 11) is 1.63. The normalized spacial score (nSPS) is 13.9. The van der Waals surface area contributed by atoms with E-state index in [1.165, 1.54) is 12.1 Å². The number of piperazine rings is 1. The summed E-state index contributed by atoms with van der Waals surface area (Å²) in [6.45, 7) is 4.71. The van der Waals surface area contributed by atoms with Crippen LogP contribution in [0.25, 0.3) is 11.3 Å². The van der Waals surface area contributed by atoms with Gasteiger partial charge in [-0.05, 0) is 29.8 Å². The molecule has 0 aliphatic carbocycles. The summed E-state index contributed by atoms with van der Waals surface area (Å²) in [6.07, 6.45) is 1.69. The highest BCUT2D eigenvalue weighted by Gasteiger charge is 2.22. The van der Waals surface area contributed by atoms with Crippen molar-refractivity contribution in [2.45, 2.75) is 13.5 Å². The van der Waals surface area contributed by atoms with E-state index in [4.69, 9.17) is 9.15 Å². The molecule has 2 heterocycles. The maximum absolute atomic E-state index is 13.3. The average molecular weight is 424 g/mol. The van der Waals surface area contributed by atoms with Gasteiger partial charge in [0.1, 0.15) is 11.6 Å². The molecule has 2 amide bonds. The van der Waals surface area contributed by atoms with Crippen LogP contribution in [0.4, 0.5) is 14.9 Å². The van der Waals surface area contributed by atoms with Crippen molar-refractivity contribution in [2.24, 2.45) is 0 Å². The summed E-state index contributed by atoms with van der Waals surface area (Å²) in [5, 5.41) is 2.86. The molecule has 0 atom stereocenters. The number of hydrogen-bond donors (Lipinski definition) is 1. The van der Waals surface area contributed by atoms with Gasteiger partial charge in [-0.2, -0.15) is 0 Å². The summed E-state index contributed by atoms with van der Waals surface area (Å²) >= 11 is 0. The first-order valence-corrected chi connectivity index (χ1v) is 10.2. The molecule has 0 spiro atoms. The van der Waals surface area contributed by atoms with Gasteiger partial charge in [0, 0.05) is 51.4 Å². The minimum absolute atomic E-state index is 0.141. The summed E-state index contributed by atoms with van der Waals surface area (Å²) in [4.78, 5) is 20.6. The van der Waals surface area contributed by atoms with Gasteiger partial charge < -0.3 is 24.3 Å². The molecule has 1 N–H and O–H groups in total. The predicted molar refractivity (Wildman–Crippen MR) is 116 cm³/mol. The first-order chi connectivity index (χ1) is 15.0. The Morgan fingerprint density at radius 1 is 1.19 bits per heavy atom. The Labute approximate surface area is 180 Å². The fraction of sp³-hybridized carbons (Fsp3) is 0.304. The molecule has 7 nitrogen and oxygen atoms in total. The number of oxazole rings is 1. The largest absolute Gasteiger partial charge is 0.496 e. The molecule has 162 valence electrons. The number of carbonyl (C=O) groups is 1. The summed E-state index contributed by atoms with van der Waals surface area (Å²) in [5.41, 5.74) is 2.61. The third-order valence-corrected chi connectivity index (χ3v) is 5.34. The van der Waals surface area contributed by atoms with Gasteiger partial charge in [0.05, 0.1) is 18.9 Å². The number of nitrogens with zero attached hydrogens (tertiary/aromatic N) is 3. The van der Waals surface area contributed by atoms with Crippen molar-refractivity contribution < 1.29 is 18.3 Å². The number of amides is 2. The van der Waals surface area contributed by atoms with Crippen LogP contribution in [0.2, 0.25) is 0 Å². The van der Waals surface area contributed by atoms with Crippen molar-refractivity contribution in [1.29, 1.82) is 0 Å². The van der Waals surface area contributed by atoms with Crippen LogP contribution in [0, 0.1) is 12.7 Å². The Bertz CT molecular complexity index is 1060. The lowest BCUT2D eigenvalue weighted by Gasteiger charge is -2.36. The van der Waals surface area contributed by atoms with Crippen molar-refractivity contribution in [3.63, 3.8) is 0 Å². The van der Waals surface area contributed by atoms with Gasteiger partial charge in [0.25, 0.3) is 0 Å². The lowest BCUT2D eigenvalue weighted by molar-refractivity contribution is 0.194. The smallest absolute Gasteiger partial charge is 0.317 e. The molecule has 3 aromatic rings. The number of anilines is 1. The third-order valence-electron chi connectivity index (χ3n) is 5.34. The van der Waals surface area contributed by atoms with E-state index in [0.29, 0.717) is 50.1 Å². The number of urea groups is 1. The molecule has 1 saturated heterocycles. The zero-order chi connectivity index (χ0) is 21.8. The van der Waals surface area contributed by atoms with Gasteiger partial charge in [-0.25, -0.2) is 14.2 Å². The summed E-state index contributed by atoms with van der Waals surface area (Å²) < 4.78 is 24.5. The van der Waals surface area contributed by atoms with Gasteiger partial charge >= 0.3 is 6.03 Å². The molecule has 0 unspecified atom stereocenters. The number of methoxy groups -OCH3 is 1. The number of aryl methyl sites for hydroxylation is 1. The molecule has 0 radical (unpaired) electrons. The second-order valence-electron chi connectivity index (χ2n) is 7.39. The van der Waals surface area contributed by atoms with Gasteiger partial charge in [-0.15, -0.1) is 0 Å². The van der Waals surface area contributed by atoms with Crippen LogP contribution in [0.3, 0.4) is 0 Å². The molecular formula is C23H25FN4O3. The van der Waals surface area contributed by atoms with Crippen molar-refractivity contribution in [3.05, 3.63) is 65.9 Å². The van der Waals surface area contributed by atoms with Crippen molar-refractivity contribution >= 4 is 11.7 Å². The van der Waals surface area contributed by atoms with E-state index in [1.807, 2.05) is 18.2 Å². The highest BCUT2D eigenvalue weighted by Crippen LogP contribution is 2.34. The van der Waals surface area contributed by atoms with Gasteiger partial charge in [0.2, 0.25) is 0 Å². The van der Waals surface area contributed by atoms with E-state index >= 15 is 0 Å². The van der Waals surface area contributed by atoms with Gasteiger partial charge in [-0.3, -0.25) is 0 Å². The minimum Gasteiger partial charge on any atom is -0.496 e. The second kappa shape index (κ2) is 9.07. The molecule has 1 aliphatic rings. The lowest BCUT2D eigenvalue weighted by Crippen LogP contribution is -2.51. The van der Waals surface area contributed by atoms with Crippen LogP contribution in [0.15, 0.2) is 53.1 Å². The van der Waals surface area contributed by atoms with Crippen molar-refractivity contribution in [2.75, 3.05) is 38.2 Å². The fourth-order valence-corrected chi connectivity index (χ4v) is 3.67. The molecule has 4 rings (SSSR count). The molecule has 1 aromatic heterocycles. The monoisotopic (exact) mass is 424 g/mol. The van der Waals surface area contributed by atoms with Gasteiger partial charge in [0.15, 0.2) is 11.7 Å². The first-order valence-electron chi connectivity index (χ1n) is 10.2. The van der Waals surface area contributed by atoms with E-state index in [0.717, 1.165) is 16.8 Å². The molecule has 1 fully saturated rings. The van der Waals surface area contributed by atoms with Crippen LogP contribution in [0.1, 0.15) is 11.5 Å². The standard InChI is InChI=1S/C23H25FN4O3/c1-16-25-15-22(31-16)20-7-6-19(13-21(20)30-2)27-8-10-28(11-9-27)23(29)26-14-17-4-3-5-18(24)12-17/h3-7,12-13,15H,8-11,14H2,1-2H3,(H,26,29). The van der Waals surface area contributed by atoms with E-state index in [-0.39, 0.29) is 11.8 Å². The Balaban J connectivity index is 1.35. The Morgan fingerprint density at radius 2 is 2.00 bits per heavy atom. The molecule has 8 heteroatoms. The highest BCUT2D eigenvalue weighted by atomic mass is 19.1. The lowest BCUT2D eigenvalue weighted by atomic mass is 10.1. The van der Waals surface area contributed by atoms with Crippen LogP contribution >= 0.6 is 0 Å². The van der Waals surface area contributed by atoms with E-state index in [1.54, 1.807) is 37.3 Å². The average Bonchev–Trinajstić information content (AvgIpc) is 3.23. The predicted octanol–water partition coefficient (Wildman–Crippen LogP) is 3.83. The summed E-state index contributed by atoms with van der Waals surface area (Å²) in [5.74, 6) is 1.68. The van der Waals surface area contributed by atoms with E-state index in [9.17, 15) is 9.18 Å². The summed E-state index contributed by atoms with van der Waals surface area (Å²) in [6, 6.07) is 12.1. The van der Waals surface area contributed by atoms with Crippen LogP contribution in [-0.4, -0.2) is 49.2 Å². The van der Waals surface area contributed by atoms with Gasteiger partial charge in [-0.1, -0.05) is 12.1 Å². The molecule has 1 aliphatic heterocycles. The molecule has 2 aromatic carbocycles. The Kier molecular flexibility index (Phi) is 6.06. The molecule has 31 heavy (non-hydrogen) atoms. The quantitative estimate of drug-likeness (QED) is 0.674. The number of nitrogens with one attached hydrogen (secondary N) is 1. The highest BCUT2D eigenvalue weighted by molar-refractivity contribution is 5.75. The van der Waals surface area contributed by atoms with Crippen molar-refractivity contribution in [1.82, 2.24) is 15.2 Å². The topological polar surface area (TPSA) is 70.8 Å².